The zero-order valence-corrected chi connectivity index (χ0v) is 13.9. The second-order valence-electron chi connectivity index (χ2n) is 5.28. The second-order valence-corrected chi connectivity index (χ2v) is 6.21. The normalized spacial score (nSPS) is 17.9. The molecule has 1 atom stereocenters. The molecular formula is C16H20ClN3OS. The molecule has 1 fully saturated rings. The van der Waals surface area contributed by atoms with E-state index in [0.29, 0.717) is 6.54 Å². The fraction of sp³-hybridized carbons (Fsp3) is 0.375. The van der Waals surface area contributed by atoms with E-state index in [1.165, 1.54) is 0 Å². The van der Waals surface area contributed by atoms with Gasteiger partial charge >= 0.3 is 0 Å². The highest BCUT2D eigenvalue weighted by molar-refractivity contribution is 7.09. The number of halogens is 1. The van der Waals surface area contributed by atoms with Crippen LogP contribution in [0.15, 0.2) is 35.8 Å². The largest absolute Gasteiger partial charge is 0.329 e. The third kappa shape index (κ3) is 3.48. The summed E-state index contributed by atoms with van der Waals surface area (Å²) in [6, 6.07) is 7.72. The van der Waals surface area contributed by atoms with Crippen LogP contribution in [0.4, 0.5) is 0 Å². The van der Waals surface area contributed by atoms with Gasteiger partial charge in [-0.25, -0.2) is 4.98 Å². The standard InChI is InChI=1S/C16H19N3OS.ClH/c17-11-12-4-6-13(7-5-12)16(20)19-9-2-1-3-14(19)15-18-8-10-21-15;/h4-8,10,14H,1-3,9,11,17H2;1H. The first-order valence-electron chi connectivity index (χ1n) is 7.29. The van der Waals surface area contributed by atoms with Gasteiger partial charge in [0.2, 0.25) is 0 Å². The van der Waals surface area contributed by atoms with Gasteiger partial charge in [-0.05, 0) is 37.0 Å². The summed E-state index contributed by atoms with van der Waals surface area (Å²) in [5, 5.41) is 3.02. The molecule has 22 heavy (non-hydrogen) atoms. The Morgan fingerprint density at radius 3 is 2.73 bits per heavy atom. The Kier molecular flexibility index (Phi) is 5.94. The predicted octanol–water partition coefficient (Wildman–Crippen LogP) is 3.39. The van der Waals surface area contributed by atoms with E-state index in [0.717, 1.165) is 41.9 Å². The molecule has 1 aromatic carbocycles. The summed E-state index contributed by atoms with van der Waals surface area (Å²) >= 11 is 1.63. The van der Waals surface area contributed by atoms with Crippen molar-refractivity contribution in [3.05, 3.63) is 52.0 Å². The minimum atomic E-state index is 0. The molecule has 2 heterocycles. The van der Waals surface area contributed by atoms with Crippen molar-refractivity contribution in [2.75, 3.05) is 6.54 Å². The molecule has 1 saturated heterocycles. The molecule has 0 aliphatic carbocycles. The number of benzene rings is 1. The van der Waals surface area contributed by atoms with Crippen molar-refractivity contribution in [2.24, 2.45) is 5.73 Å². The van der Waals surface area contributed by atoms with Gasteiger partial charge in [0.25, 0.3) is 5.91 Å². The molecule has 1 aliphatic rings. The van der Waals surface area contributed by atoms with Crippen LogP contribution in [0.2, 0.25) is 0 Å². The van der Waals surface area contributed by atoms with Crippen LogP contribution in [-0.4, -0.2) is 22.3 Å². The monoisotopic (exact) mass is 337 g/mol. The van der Waals surface area contributed by atoms with E-state index in [1.54, 1.807) is 11.3 Å². The fourth-order valence-corrected chi connectivity index (χ4v) is 3.56. The number of amides is 1. The van der Waals surface area contributed by atoms with Crippen LogP contribution in [0.1, 0.15) is 46.2 Å². The summed E-state index contributed by atoms with van der Waals surface area (Å²) < 4.78 is 0. The SMILES string of the molecule is Cl.NCc1ccc(C(=O)N2CCCCC2c2nccs2)cc1. The first-order valence-corrected chi connectivity index (χ1v) is 8.17. The van der Waals surface area contributed by atoms with Crippen molar-refractivity contribution in [2.45, 2.75) is 31.8 Å². The summed E-state index contributed by atoms with van der Waals surface area (Å²) in [6.07, 6.45) is 5.03. The molecule has 0 bridgehead atoms. The Morgan fingerprint density at radius 2 is 2.09 bits per heavy atom. The van der Waals surface area contributed by atoms with Crippen LogP contribution in [-0.2, 0) is 6.54 Å². The molecule has 1 amide bonds. The van der Waals surface area contributed by atoms with Crippen molar-refractivity contribution in [1.29, 1.82) is 0 Å². The van der Waals surface area contributed by atoms with E-state index in [4.69, 9.17) is 5.73 Å². The van der Waals surface area contributed by atoms with Gasteiger partial charge in [0, 0.05) is 30.2 Å². The lowest BCUT2D eigenvalue weighted by Gasteiger charge is -2.34. The summed E-state index contributed by atoms with van der Waals surface area (Å²) in [4.78, 5) is 19.2. The lowest BCUT2D eigenvalue weighted by Crippen LogP contribution is -2.38. The van der Waals surface area contributed by atoms with Gasteiger partial charge in [0.1, 0.15) is 5.01 Å². The lowest BCUT2D eigenvalue weighted by molar-refractivity contribution is 0.0611. The van der Waals surface area contributed by atoms with Crippen molar-refractivity contribution >= 4 is 29.7 Å². The topological polar surface area (TPSA) is 59.2 Å². The number of hydrogen-bond acceptors (Lipinski definition) is 4. The number of nitrogens with two attached hydrogens (primary N) is 1. The van der Waals surface area contributed by atoms with E-state index >= 15 is 0 Å². The Balaban J connectivity index is 0.00000176. The van der Waals surface area contributed by atoms with Crippen molar-refractivity contribution in [1.82, 2.24) is 9.88 Å². The highest BCUT2D eigenvalue weighted by Gasteiger charge is 2.30. The van der Waals surface area contributed by atoms with Crippen molar-refractivity contribution in [3.63, 3.8) is 0 Å². The summed E-state index contributed by atoms with van der Waals surface area (Å²) in [5.74, 6) is 0.0958. The molecule has 2 aromatic rings. The van der Waals surface area contributed by atoms with Gasteiger partial charge in [-0.1, -0.05) is 12.1 Å². The van der Waals surface area contributed by atoms with Gasteiger partial charge in [-0.15, -0.1) is 23.7 Å². The summed E-state index contributed by atoms with van der Waals surface area (Å²) in [7, 11) is 0. The maximum absolute atomic E-state index is 12.8. The zero-order valence-electron chi connectivity index (χ0n) is 12.3. The number of hydrogen-bond donors (Lipinski definition) is 1. The Morgan fingerprint density at radius 1 is 1.32 bits per heavy atom. The average Bonchev–Trinajstić information content (AvgIpc) is 3.08. The number of rotatable bonds is 3. The Bertz CT molecular complexity index is 600. The molecule has 118 valence electrons. The molecule has 2 N–H and O–H groups in total. The molecule has 1 aromatic heterocycles. The number of piperidine rings is 1. The summed E-state index contributed by atoms with van der Waals surface area (Å²) in [6.45, 7) is 1.31. The maximum Gasteiger partial charge on any atom is 0.254 e. The Hall–Kier alpha value is -1.43. The molecule has 1 aliphatic heterocycles. The third-order valence-corrected chi connectivity index (χ3v) is 4.81. The van der Waals surface area contributed by atoms with E-state index in [-0.39, 0.29) is 24.4 Å². The second kappa shape index (κ2) is 7.72. The Labute approximate surface area is 140 Å². The van der Waals surface area contributed by atoms with Crippen LogP contribution in [0.25, 0.3) is 0 Å². The van der Waals surface area contributed by atoms with Crippen molar-refractivity contribution < 1.29 is 4.79 Å². The van der Waals surface area contributed by atoms with E-state index < -0.39 is 0 Å². The number of thiazole rings is 1. The highest BCUT2D eigenvalue weighted by Crippen LogP contribution is 2.33. The predicted molar refractivity (Wildman–Crippen MR) is 91.3 cm³/mol. The molecule has 1 unspecified atom stereocenters. The third-order valence-electron chi connectivity index (χ3n) is 3.94. The lowest BCUT2D eigenvalue weighted by atomic mass is 10.0. The smallest absolute Gasteiger partial charge is 0.254 e. The van der Waals surface area contributed by atoms with Gasteiger partial charge in [0.05, 0.1) is 6.04 Å². The number of carbonyl (C=O) groups excluding carboxylic acids is 1. The van der Waals surface area contributed by atoms with Gasteiger partial charge in [-0.3, -0.25) is 4.79 Å². The number of aromatic nitrogens is 1. The first-order chi connectivity index (χ1) is 10.3. The first kappa shape index (κ1) is 16.9. The number of carbonyl (C=O) groups is 1. The van der Waals surface area contributed by atoms with Crippen LogP contribution in [0, 0.1) is 0 Å². The maximum atomic E-state index is 12.8. The van der Waals surface area contributed by atoms with Crippen LogP contribution >= 0.6 is 23.7 Å². The molecule has 4 nitrogen and oxygen atoms in total. The average molecular weight is 338 g/mol. The molecule has 6 heteroatoms. The van der Waals surface area contributed by atoms with Crippen LogP contribution < -0.4 is 5.73 Å². The van der Waals surface area contributed by atoms with Gasteiger partial charge < -0.3 is 10.6 Å². The minimum Gasteiger partial charge on any atom is -0.329 e. The molecule has 0 radical (unpaired) electrons. The van der Waals surface area contributed by atoms with E-state index in [9.17, 15) is 4.79 Å². The number of likely N-dealkylation sites (tertiary alicyclic amines) is 1. The minimum absolute atomic E-state index is 0. The zero-order chi connectivity index (χ0) is 14.7. The van der Waals surface area contributed by atoms with Crippen molar-refractivity contribution in [3.8, 4) is 0 Å². The highest BCUT2D eigenvalue weighted by atomic mass is 35.5. The quantitative estimate of drug-likeness (QED) is 0.933. The summed E-state index contributed by atoms with van der Waals surface area (Å²) in [5.41, 5.74) is 7.38. The van der Waals surface area contributed by atoms with Gasteiger partial charge in [-0.2, -0.15) is 0 Å². The van der Waals surface area contributed by atoms with E-state index in [2.05, 4.69) is 4.98 Å². The fourth-order valence-electron chi connectivity index (χ4n) is 2.78. The number of nitrogens with zero attached hydrogens (tertiary/aromatic N) is 2. The molecule has 0 spiro atoms. The van der Waals surface area contributed by atoms with Crippen LogP contribution in [0.3, 0.4) is 0 Å². The van der Waals surface area contributed by atoms with Crippen LogP contribution in [0.5, 0.6) is 0 Å². The molecule has 0 saturated carbocycles. The molecule has 3 rings (SSSR count). The molecular weight excluding hydrogens is 318 g/mol. The van der Waals surface area contributed by atoms with Gasteiger partial charge in [0.15, 0.2) is 0 Å². The van der Waals surface area contributed by atoms with E-state index in [1.807, 2.05) is 40.7 Å².